The van der Waals surface area contributed by atoms with Crippen LogP contribution in [-0.2, 0) is 6.42 Å². The molecule has 0 spiro atoms. The predicted octanol–water partition coefficient (Wildman–Crippen LogP) is 2.97. The molecule has 4 N–H and O–H groups in total. The average Bonchev–Trinajstić information content (AvgIpc) is 2.85. The third kappa shape index (κ3) is 1.99. The fourth-order valence-electron chi connectivity index (χ4n) is 2.17. The molecule has 0 aliphatic carbocycles. The van der Waals surface area contributed by atoms with E-state index in [-0.39, 0.29) is 0 Å². The first kappa shape index (κ1) is 12.6. The number of primary amides is 1. The molecule has 3 nitrogen and oxygen atoms in total. The third-order valence-corrected chi connectivity index (χ3v) is 3.88. The molecule has 0 saturated carbocycles. The Morgan fingerprint density at radius 2 is 2.17 bits per heavy atom. The van der Waals surface area contributed by atoms with Crippen LogP contribution in [0.4, 0.5) is 5.69 Å². The maximum Gasteiger partial charge on any atom is 0.249 e. The second-order valence-corrected chi connectivity index (χ2v) is 5.00. The van der Waals surface area contributed by atoms with E-state index in [0.717, 1.165) is 28.7 Å². The fourth-order valence-corrected chi connectivity index (χ4v) is 2.82. The molecule has 0 bridgehead atoms. The molecular formula is C14H16N2OS. The Balaban J connectivity index is 2.75. The first-order valence-electron chi connectivity index (χ1n) is 5.80. The summed E-state index contributed by atoms with van der Waals surface area (Å²) in [5, 5.41) is 4.06. The van der Waals surface area contributed by atoms with E-state index in [2.05, 4.69) is 6.92 Å². The number of nitrogens with two attached hydrogens (primary N) is 2. The van der Waals surface area contributed by atoms with Crippen molar-refractivity contribution in [1.29, 1.82) is 0 Å². The number of hydrogen-bond acceptors (Lipinski definition) is 3. The van der Waals surface area contributed by atoms with Crippen LogP contribution in [0.5, 0.6) is 0 Å². The SMILES string of the molecule is CCc1c(-c2ccsc2)cc(C(N)=O)c(C)c1N. The summed E-state index contributed by atoms with van der Waals surface area (Å²) in [6, 6.07) is 3.88. The number of amides is 1. The molecule has 1 aromatic carbocycles. The Morgan fingerprint density at radius 3 is 2.67 bits per heavy atom. The minimum atomic E-state index is -0.432. The molecule has 0 saturated heterocycles. The van der Waals surface area contributed by atoms with Crippen molar-refractivity contribution < 1.29 is 4.79 Å². The lowest BCUT2D eigenvalue weighted by molar-refractivity contribution is 0.1000. The molecule has 0 fully saturated rings. The van der Waals surface area contributed by atoms with Gasteiger partial charge in [0.15, 0.2) is 0 Å². The van der Waals surface area contributed by atoms with Crippen molar-refractivity contribution in [2.75, 3.05) is 5.73 Å². The molecule has 1 heterocycles. The highest BCUT2D eigenvalue weighted by molar-refractivity contribution is 7.08. The highest BCUT2D eigenvalue weighted by Gasteiger charge is 2.16. The largest absolute Gasteiger partial charge is 0.398 e. The number of nitrogen functional groups attached to an aromatic ring is 1. The highest BCUT2D eigenvalue weighted by Crippen LogP contribution is 2.33. The van der Waals surface area contributed by atoms with E-state index in [1.807, 2.05) is 29.8 Å². The van der Waals surface area contributed by atoms with E-state index in [9.17, 15) is 4.79 Å². The summed E-state index contributed by atoms with van der Waals surface area (Å²) >= 11 is 1.62. The molecule has 2 rings (SSSR count). The second kappa shape index (κ2) is 4.82. The molecule has 94 valence electrons. The van der Waals surface area contributed by atoms with Gasteiger partial charge in [-0.2, -0.15) is 11.3 Å². The Bertz CT molecular complexity index is 588. The van der Waals surface area contributed by atoms with Crippen LogP contribution in [0.25, 0.3) is 11.1 Å². The fraction of sp³-hybridized carbons (Fsp3) is 0.214. The van der Waals surface area contributed by atoms with Crippen molar-refractivity contribution in [3.63, 3.8) is 0 Å². The van der Waals surface area contributed by atoms with Gasteiger partial charge in [0.2, 0.25) is 5.91 Å². The minimum Gasteiger partial charge on any atom is -0.398 e. The second-order valence-electron chi connectivity index (χ2n) is 4.22. The zero-order valence-electron chi connectivity index (χ0n) is 10.5. The van der Waals surface area contributed by atoms with Gasteiger partial charge in [-0.25, -0.2) is 0 Å². The molecule has 18 heavy (non-hydrogen) atoms. The minimum absolute atomic E-state index is 0.432. The van der Waals surface area contributed by atoms with E-state index >= 15 is 0 Å². The quantitative estimate of drug-likeness (QED) is 0.833. The van der Waals surface area contributed by atoms with Crippen molar-refractivity contribution in [2.45, 2.75) is 20.3 Å². The topological polar surface area (TPSA) is 69.1 Å². The number of carbonyl (C=O) groups is 1. The molecule has 0 radical (unpaired) electrons. The summed E-state index contributed by atoms with van der Waals surface area (Å²) in [4.78, 5) is 11.5. The summed E-state index contributed by atoms with van der Waals surface area (Å²) in [5.41, 5.74) is 16.7. The summed E-state index contributed by atoms with van der Waals surface area (Å²) in [7, 11) is 0. The van der Waals surface area contributed by atoms with Crippen LogP contribution in [0.3, 0.4) is 0 Å². The summed E-state index contributed by atoms with van der Waals surface area (Å²) in [5.74, 6) is -0.432. The normalized spacial score (nSPS) is 10.6. The van der Waals surface area contributed by atoms with Gasteiger partial charge in [-0.05, 0) is 58.5 Å². The van der Waals surface area contributed by atoms with Crippen molar-refractivity contribution >= 4 is 22.9 Å². The lowest BCUT2D eigenvalue weighted by Gasteiger charge is -2.15. The monoisotopic (exact) mass is 260 g/mol. The number of anilines is 1. The molecule has 1 amide bonds. The van der Waals surface area contributed by atoms with Crippen LogP contribution < -0.4 is 11.5 Å². The van der Waals surface area contributed by atoms with E-state index in [1.165, 1.54) is 0 Å². The zero-order chi connectivity index (χ0) is 13.3. The number of thiophene rings is 1. The van der Waals surface area contributed by atoms with Gasteiger partial charge in [0.1, 0.15) is 0 Å². The molecule has 2 aromatic rings. The van der Waals surface area contributed by atoms with Crippen LogP contribution in [0, 0.1) is 6.92 Å². The molecule has 0 atom stereocenters. The molecule has 0 unspecified atom stereocenters. The maximum absolute atomic E-state index is 11.5. The number of benzene rings is 1. The van der Waals surface area contributed by atoms with Gasteiger partial charge in [0, 0.05) is 11.3 Å². The molecule has 1 aromatic heterocycles. The van der Waals surface area contributed by atoms with Gasteiger partial charge in [0.25, 0.3) is 0 Å². The molecule has 0 aliphatic heterocycles. The molecule has 0 aliphatic rings. The Morgan fingerprint density at radius 1 is 1.44 bits per heavy atom. The Kier molecular flexibility index (Phi) is 3.39. The van der Waals surface area contributed by atoms with Crippen molar-refractivity contribution in [3.05, 3.63) is 39.6 Å². The number of hydrogen-bond donors (Lipinski definition) is 2. The smallest absolute Gasteiger partial charge is 0.249 e. The van der Waals surface area contributed by atoms with Gasteiger partial charge < -0.3 is 11.5 Å². The first-order chi connectivity index (χ1) is 8.56. The maximum atomic E-state index is 11.5. The van der Waals surface area contributed by atoms with Gasteiger partial charge >= 0.3 is 0 Å². The van der Waals surface area contributed by atoms with Crippen molar-refractivity contribution in [2.24, 2.45) is 5.73 Å². The van der Waals surface area contributed by atoms with Crippen molar-refractivity contribution in [3.8, 4) is 11.1 Å². The molecular weight excluding hydrogens is 244 g/mol. The van der Waals surface area contributed by atoms with E-state index < -0.39 is 5.91 Å². The van der Waals surface area contributed by atoms with Gasteiger partial charge in [-0.15, -0.1) is 0 Å². The first-order valence-corrected chi connectivity index (χ1v) is 6.74. The lowest BCUT2D eigenvalue weighted by Crippen LogP contribution is -2.15. The summed E-state index contributed by atoms with van der Waals surface area (Å²) in [6.07, 6.45) is 0.830. The highest BCUT2D eigenvalue weighted by atomic mass is 32.1. The zero-order valence-corrected chi connectivity index (χ0v) is 11.3. The van der Waals surface area contributed by atoms with Gasteiger partial charge in [0.05, 0.1) is 0 Å². The standard InChI is InChI=1S/C14H16N2OS/c1-3-10-12(9-4-5-18-7-9)6-11(14(16)17)8(2)13(10)15/h4-7H,3,15H2,1-2H3,(H2,16,17). The number of carbonyl (C=O) groups excluding carboxylic acids is 1. The van der Waals surface area contributed by atoms with E-state index in [1.54, 1.807) is 11.3 Å². The van der Waals surface area contributed by atoms with Crippen molar-refractivity contribution in [1.82, 2.24) is 0 Å². The van der Waals surface area contributed by atoms with Crippen LogP contribution in [0.2, 0.25) is 0 Å². The third-order valence-electron chi connectivity index (χ3n) is 3.20. The lowest BCUT2D eigenvalue weighted by atomic mass is 9.92. The van der Waals surface area contributed by atoms with Gasteiger partial charge in [-0.3, -0.25) is 4.79 Å². The summed E-state index contributed by atoms with van der Waals surface area (Å²) < 4.78 is 0. The average molecular weight is 260 g/mol. The Labute approximate surface area is 110 Å². The molecule has 4 heteroatoms. The van der Waals surface area contributed by atoms with E-state index in [0.29, 0.717) is 11.3 Å². The predicted molar refractivity (Wildman–Crippen MR) is 76.8 cm³/mol. The Hall–Kier alpha value is -1.81. The van der Waals surface area contributed by atoms with E-state index in [4.69, 9.17) is 11.5 Å². The van der Waals surface area contributed by atoms with Crippen LogP contribution in [-0.4, -0.2) is 5.91 Å². The summed E-state index contributed by atoms with van der Waals surface area (Å²) in [6.45, 7) is 3.90. The van der Waals surface area contributed by atoms with Crippen LogP contribution >= 0.6 is 11.3 Å². The van der Waals surface area contributed by atoms with Crippen LogP contribution in [0.15, 0.2) is 22.9 Å². The number of rotatable bonds is 3. The van der Waals surface area contributed by atoms with Crippen LogP contribution in [0.1, 0.15) is 28.4 Å². The van der Waals surface area contributed by atoms with Gasteiger partial charge in [-0.1, -0.05) is 6.92 Å².